The highest BCUT2D eigenvalue weighted by atomic mass is 14.8. The van der Waals surface area contributed by atoms with Gasteiger partial charge in [-0.05, 0) is 87.0 Å². The Hall–Kier alpha value is -7.56. The van der Waals surface area contributed by atoms with Crippen LogP contribution in [-0.4, -0.2) is 19.9 Å². The monoisotopic (exact) mass is 714 g/mol. The Morgan fingerprint density at radius 3 is 1.45 bits per heavy atom. The summed E-state index contributed by atoms with van der Waals surface area (Å²) >= 11 is 0. The van der Waals surface area contributed by atoms with Gasteiger partial charge in [-0.25, -0.2) is 9.97 Å². The minimum Gasteiger partial charge on any atom is -0.255 e. The average molecular weight is 715 g/mol. The van der Waals surface area contributed by atoms with Gasteiger partial charge < -0.3 is 0 Å². The molecule has 0 aliphatic carbocycles. The molecule has 0 spiro atoms. The zero-order chi connectivity index (χ0) is 37.3. The molecular formula is C52H34N4. The van der Waals surface area contributed by atoms with Crippen LogP contribution in [0.4, 0.5) is 0 Å². The molecule has 10 aromatic rings. The van der Waals surface area contributed by atoms with Crippen molar-refractivity contribution in [3.05, 3.63) is 207 Å². The van der Waals surface area contributed by atoms with Gasteiger partial charge in [-0.15, -0.1) is 0 Å². The van der Waals surface area contributed by atoms with Gasteiger partial charge in [0.2, 0.25) is 0 Å². The molecule has 0 saturated carbocycles. The molecule has 6 aromatic carbocycles. The molecule has 0 atom stereocenters. The van der Waals surface area contributed by atoms with Crippen LogP contribution in [0, 0.1) is 0 Å². The summed E-state index contributed by atoms with van der Waals surface area (Å²) in [7, 11) is 0. The summed E-state index contributed by atoms with van der Waals surface area (Å²) in [6.07, 6.45) is 3.60. The van der Waals surface area contributed by atoms with Crippen LogP contribution in [-0.2, 0) is 0 Å². The molecule has 262 valence electrons. The fraction of sp³-hybridized carbons (Fsp3) is 0. The summed E-state index contributed by atoms with van der Waals surface area (Å²) in [5.41, 5.74) is 15.3. The highest BCUT2D eigenvalue weighted by molar-refractivity contribution is 6.18. The van der Waals surface area contributed by atoms with E-state index < -0.39 is 0 Å². The highest BCUT2D eigenvalue weighted by Gasteiger charge is 2.18. The molecule has 0 aliphatic heterocycles. The van der Waals surface area contributed by atoms with Gasteiger partial charge in [0.1, 0.15) is 0 Å². The van der Waals surface area contributed by atoms with Gasteiger partial charge in [-0.2, -0.15) is 0 Å². The second kappa shape index (κ2) is 14.3. The predicted octanol–water partition coefficient (Wildman–Crippen LogP) is 13.2. The third-order valence-corrected chi connectivity index (χ3v) is 10.4. The molecule has 0 aliphatic rings. The van der Waals surface area contributed by atoms with Gasteiger partial charge in [0.25, 0.3) is 0 Å². The topological polar surface area (TPSA) is 51.6 Å². The van der Waals surface area contributed by atoms with E-state index in [2.05, 4.69) is 168 Å². The second-order valence-corrected chi connectivity index (χ2v) is 13.8. The van der Waals surface area contributed by atoms with E-state index in [1.165, 1.54) is 22.1 Å². The lowest BCUT2D eigenvalue weighted by Gasteiger charge is -2.17. The largest absolute Gasteiger partial charge is 0.255 e. The average Bonchev–Trinajstić information content (AvgIpc) is 3.29. The lowest BCUT2D eigenvalue weighted by atomic mass is 9.90. The van der Waals surface area contributed by atoms with Crippen molar-refractivity contribution in [1.29, 1.82) is 0 Å². The quantitative estimate of drug-likeness (QED) is 0.154. The zero-order valence-corrected chi connectivity index (χ0v) is 30.4. The van der Waals surface area contributed by atoms with Crippen molar-refractivity contribution < 1.29 is 0 Å². The van der Waals surface area contributed by atoms with Gasteiger partial charge in [-0.3, -0.25) is 9.97 Å². The van der Waals surface area contributed by atoms with Crippen LogP contribution < -0.4 is 0 Å². The lowest BCUT2D eigenvalue weighted by Crippen LogP contribution is -1.94. The van der Waals surface area contributed by atoms with Crippen molar-refractivity contribution in [3.63, 3.8) is 0 Å². The van der Waals surface area contributed by atoms with Crippen LogP contribution >= 0.6 is 0 Å². The van der Waals surface area contributed by atoms with E-state index in [-0.39, 0.29) is 0 Å². The Bertz CT molecular complexity index is 2930. The van der Waals surface area contributed by atoms with E-state index >= 15 is 0 Å². The van der Waals surface area contributed by atoms with E-state index in [0.29, 0.717) is 0 Å². The minimum absolute atomic E-state index is 0.806. The summed E-state index contributed by atoms with van der Waals surface area (Å²) in [5.74, 6) is 0. The fourth-order valence-electron chi connectivity index (χ4n) is 7.70. The molecule has 4 nitrogen and oxygen atoms in total. The molecule has 0 N–H and O–H groups in total. The Morgan fingerprint density at radius 1 is 0.286 bits per heavy atom. The van der Waals surface area contributed by atoms with Crippen LogP contribution in [0.25, 0.3) is 100 Å². The van der Waals surface area contributed by atoms with Gasteiger partial charge in [0, 0.05) is 34.1 Å². The molecule has 56 heavy (non-hydrogen) atoms. The summed E-state index contributed by atoms with van der Waals surface area (Å²) in [6, 6.07) is 67.9. The molecule has 4 aromatic heterocycles. The van der Waals surface area contributed by atoms with Crippen LogP contribution in [0.5, 0.6) is 0 Å². The van der Waals surface area contributed by atoms with Crippen molar-refractivity contribution in [1.82, 2.24) is 19.9 Å². The summed E-state index contributed by atoms with van der Waals surface area (Å²) in [6.45, 7) is 0. The van der Waals surface area contributed by atoms with Crippen molar-refractivity contribution in [2.75, 3.05) is 0 Å². The maximum atomic E-state index is 5.50. The SMILES string of the molecule is c1ccc(-c2ccccc2-c2nc3cc(-c4ccc(-c5cc(-c6ccccn6)nc(-c6ccccn6)c5)cc4)ccc3c3c(-c4ccccc4)cccc23)cc1. The first kappa shape index (κ1) is 33.0. The Morgan fingerprint density at radius 2 is 0.821 bits per heavy atom. The number of hydrogen-bond acceptors (Lipinski definition) is 4. The first-order chi connectivity index (χ1) is 27.8. The zero-order valence-electron chi connectivity index (χ0n) is 30.4. The molecule has 0 unspecified atom stereocenters. The van der Waals surface area contributed by atoms with Gasteiger partial charge in [-0.1, -0.05) is 152 Å². The van der Waals surface area contributed by atoms with Crippen LogP contribution in [0.2, 0.25) is 0 Å². The predicted molar refractivity (Wildman–Crippen MR) is 231 cm³/mol. The fourth-order valence-corrected chi connectivity index (χ4v) is 7.70. The summed E-state index contributed by atoms with van der Waals surface area (Å²) in [5, 5.41) is 3.46. The molecule has 0 amide bonds. The van der Waals surface area contributed by atoms with Gasteiger partial charge in [0.15, 0.2) is 0 Å². The molecule has 0 fully saturated rings. The van der Waals surface area contributed by atoms with E-state index in [1.807, 2.05) is 36.4 Å². The number of pyridine rings is 4. The molecule has 0 saturated heterocycles. The summed E-state index contributed by atoms with van der Waals surface area (Å²) in [4.78, 5) is 19.7. The smallest absolute Gasteiger partial charge is 0.0900 e. The maximum absolute atomic E-state index is 5.50. The Labute approximate surface area is 325 Å². The molecule has 0 bridgehead atoms. The van der Waals surface area contributed by atoms with E-state index in [1.54, 1.807) is 12.4 Å². The molecule has 10 rings (SSSR count). The van der Waals surface area contributed by atoms with Crippen molar-refractivity contribution in [2.24, 2.45) is 0 Å². The van der Waals surface area contributed by atoms with E-state index in [4.69, 9.17) is 9.97 Å². The number of fused-ring (bicyclic) bond motifs is 3. The number of benzene rings is 6. The van der Waals surface area contributed by atoms with Crippen molar-refractivity contribution in [3.8, 4) is 78.5 Å². The lowest BCUT2D eigenvalue weighted by molar-refractivity contribution is 1.22. The molecule has 4 heterocycles. The maximum Gasteiger partial charge on any atom is 0.0900 e. The molecule has 0 radical (unpaired) electrons. The standard InChI is InChI=1S/C52H34N4/c1-3-14-37(15-4-1)41-18-7-8-19-43(41)52-45-21-13-20-42(38-16-5-2-6-17-38)51(45)44-29-28-39(32-48(44)56-52)35-24-26-36(27-25-35)40-33-49(46-22-9-11-30-53-46)55-50(34-40)47-23-10-12-31-54-47/h1-34H. The third kappa shape index (κ3) is 6.19. The molecular weight excluding hydrogens is 681 g/mol. The van der Waals surface area contributed by atoms with Crippen LogP contribution in [0.1, 0.15) is 0 Å². The van der Waals surface area contributed by atoms with Gasteiger partial charge in [0.05, 0.1) is 34.0 Å². The van der Waals surface area contributed by atoms with Crippen LogP contribution in [0.3, 0.4) is 0 Å². The first-order valence-corrected chi connectivity index (χ1v) is 18.8. The minimum atomic E-state index is 0.806. The number of rotatable bonds is 7. The normalized spacial score (nSPS) is 11.2. The van der Waals surface area contributed by atoms with E-state index in [0.717, 1.165) is 78.1 Å². The van der Waals surface area contributed by atoms with Crippen LogP contribution in [0.15, 0.2) is 207 Å². The summed E-state index contributed by atoms with van der Waals surface area (Å²) < 4.78 is 0. The number of aromatic nitrogens is 4. The second-order valence-electron chi connectivity index (χ2n) is 13.8. The van der Waals surface area contributed by atoms with E-state index in [9.17, 15) is 0 Å². The van der Waals surface area contributed by atoms with Gasteiger partial charge >= 0.3 is 0 Å². The third-order valence-electron chi connectivity index (χ3n) is 10.4. The Kier molecular flexibility index (Phi) is 8.47. The molecule has 4 heteroatoms. The highest BCUT2D eigenvalue weighted by Crippen LogP contribution is 2.42. The first-order valence-electron chi connectivity index (χ1n) is 18.8. The van der Waals surface area contributed by atoms with Crippen molar-refractivity contribution in [2.45, 2.75) is 0 Å². The number of hydrogen-bond donors (Lipinski definition) is 0. The number of nitrogens with zero attached hydrogens (tertiary/aromatic N) is 4. The Balaban J connectivity index is 1.12. The van der Waals surface area contributed by atoms with Crippen molar-refractivity contribution >= 4 is 21.7 Å².